The molecule has 3 heterocycles. The fraction of sp³-hybridized carbons (Fsp3) is 0.280. The van der Waals surface area contributed by atoms with Crippen LogP contribution in [-0.4, -0.2) is 70.2 Å². The van der Waals surface area contributed by atoms with Gasteiger partial charge in [0, 0.05) is 49.6 Å². The lowest BCUT2D eigenvalue weighted by Gasteiger charge is -2.35. The Morgan fingerprint density at radius 1 is 1.00 bits per heavy atom. The lowest BCUT2D eigenvalue weighted by molar-refractivity contribution is -0.132. The summed E-state index contributed by atoms with van der Waals surface area (Å²) < 4.78 is 7.02. The molecule has 0 bridgehead atoms. The van der Waals surface area contributed by atoms with Gasteiger partial charge in [0.05, 0.1) is 18.1 Å². The van der Waals surface area contributed by atoms with Gasteiger partial charge in [0.2, 0.25) is 5.91 Å². The number of rotatable bonds is 6. The topological polar surface area (TPSA) is 76.4 Å². The Bertz CT molecular complexity index is 1350. The quantitative estimate of drug-likeness (QED) is 0.380. The first-order valence-corrected chi connectivity index (χ1v) is 12.1. The second kappa shape index (κ2) is 10.2. The summed E-state index contributed by atoms with van der Waals surface area (Å²) in [5.41, 5.74) is 3.01. The fourth-order valence-electron chi connectivity index (χ4n) is 4.28. The minimum atomic E-state index is 0.104. The molecule has 1 fully saturated rings. The summed E-state index contributed by atoms with van der Waals surface area (Å²) in [5, 5.41) is 1.24. The number of ether oxygens (including phenoxy) is 1. The van der Waals surface area contributed by atoms with Gasteiger partial charge in [-0.05, 0) is 36.4 Å². The maximum absolute atomic E-state index is 12.4. The number of imidazole rings is 1. The van der Waals surface area contributed by atoms with Crippen molar-refractivity contribution in [3.63, 3.8) is 0 Å². The summed E-state index contributed by atoms with van der Waals surface area (Å²) in [6.45, 7) is 2.96. The monoisotopic (exact) mass is 510 g/mol. The Kier molecular flexibility index (Phi) is 6.86. The average Bonchev–Trinajstić information content (AvgIpc) is 3.27. The van der Waals surface area contributed by atoms with Gasteiger partial charge in [-0.15, -0.1) is 0 Å². The van der Waals surface area contributed by atoms with Crippen molar-refractivity contribution in [2.45, 2.75) is 6.42 Å². The number of carbonyl (C=O) groups excluding carboxylic acids is 1. The van der Waals surface area contributed by atoms with E-state index in [2.05, 4.69) is 14.9 Å². The van der Waals surface area contributed by atoms with Crippen molar-refractivity contribution in [3.8, 4) is 17.1 Å². The highest BCUT2D eigenvalue weighted by Crippen LogP contribution is 2.34. The molecule has 10 heteroatoms. The minimum Gasteiger partial charge on any atom is -0.384 e. The summed E-state index contributed by atoms with van der Waals surface area (Å²) in [5.74, 6) is 1.51. The number of hydrogen-bond donors (Lipinski definition) is 0. The zero-order chi connectivity index (χ0) is 24.4. The van der Waals surface area contributed by atoms with E-state index in [4.69, 9.17) is 32.9 Å². The van der Waals surface area contributed by atoms with Crippen LogP contribution >= 0.6 is 23.2 Å². The number of methoxy groups -OCH3 is 1. The molecule has 0 spiro atoms. The molecule has 1 amide bonds. The predicted molar refractivity (Wildman–Crippen MR) is 137 cm³/mol. The Morgan fingerprint density at radius 2 is 1.74 bits per heavy atom. The summed E-state index contributed by atoms with van der Waals surface area (Å²) in [6.07, 6.45) is 1.94. The molecule has 0 radical (unpaired) electrons. The van der Waals surface area contributed by atoms with Crippen LogP contribution in [0.1, 0.15) is 6.42 Å². The van der Waals surface area contributed by atoms with Crippen molar-refractivity contribution in [2.24, 2.45) is 0 Å². The number of carbonyl (C=O) groups is 1. The summed E-state index contributed by atoms with van der Waals surface area (Å²) in [4.78, 5) is 30.6. The van der Waals surface area contributed by atoms with Gasteiger partial charge in [0.1, 0.15) is 12.2 Å². The Labute approximate surface area is 213 Å². The largest absolute Gasteiger partial charge is 0.384 e. The number of benzene rings is 2. The summed E-state index contributed by atoms with van der Waals surface area (Å²) in [7, 11) is 1.60. The molecule has 4 aromatic rings. The molecule has 2 aromatic heterocycles. The van der Waals surface area contributed by atoms with Crippen molar-refractivity contribution in [2.75, 3.05) is 44.8 Å². The lowest BCUT2D eigenvalue weighted by atomic mass is 10.2. The molecular formula is C25H24Cl2N6O2. The van der Waals surface area contributed by atoms with Crippen molar-refractivity contribution in [3.05, 3.63) is 64.9 Å². The standard InChI is InChI=1S/C25H24Cl2N6O2/c1-35-15-10-21(34)31-11-13-32(14-12-31)24-22-25(29-16-28-24)33(18-8-6-17(26)7-9-18)23(30-22)19-4-2-3-5-20(19)27/h2-9,16H,10-15H2,1H3. The summed E-state index contributed by atoms with van der Waals surface area (Å²) in [6, 6.07) is 15.1. The number of halogens is 2. The molecule has 0 unspecified atom stereocenters. The molecule has 1 aliphatic rings. The van der Waals surface area contributed by atoms with Crippen LogP contribution in [0.3, 0.4) is 0 Å². The first kappa shape index (κ1) is 23.5. The number of fused-ring (bicyclic) bond motifs is 1. The third-order valence-electron chi connectivity index (χ3n) is 6.08. The van der Waals surface area contributed by atoms with Crippen LogP contribution in [0.4, 0.5) is 5.82 Å². The molecule has 1 saturated heterocycles. The van der Waals surface area contributed by atoms with Crippen molar-refractivity contribution in [1.82, 2.24) is 24.4 Å². The molecule has 0 aliphatic carbocycles. The van der Waals surface area contributed by atoms with Crippen LogP contribution in [0.5, 0.6) is 0 Å². The van der Waals surface area contributed by atoms with Gasteiger partial charge in [-0.2, -0.15) is 0 Å². The molecule has 180 valence electrons. The number of piperazine rings is 1. The van der Waals surface area contributed by atoms with E-state index in [1.54, 1.807) is 13.4 Å². The van der Waals surface area contributed by atoms with E-state index >= 15 is 0 Å². The van der Waals surface area contributed by atoms with E-state index in [9.17, 15) is 4.79 Å². The van der Waals surface area contributed by atoms with E-state index in [-0.39, 0.29) is 5.91 Å². The van der Waals surface area contributed by atoms with Crippen molar-refractivity contribution in [1.29, 1.82) is 0 Å². The zero-order valence-electron chi connectivity index (χ0n) is 19.2. The SMILES string of the molecule is COCCC(=O)N1CCN(c2ncnc3c2nc(-c2ccccc2Cl)n3-c2ccc(Cl)cc2)CC1. The van der Waals surface area contributed by atoms with Gasteiger partial charge in [-0.25, -0.2) is 15.0 Å². The van der Waals surface area contributed by atoms with Gasteiger partial charge >= 0.3 is 0 Å². The van der Waals surface area contributed by atoms with E-state index in [0.29, 0.717) is 66.2 Å². The molecule has 2 aromatic carbocycles. The smallest absolute Gasteiger partial charge is 0.225 e. The van der Waals surface area contributed by atoms with Crippen LogP contribution in [0.25, 0.3) is 28.2 Å². The third kappa shape index (κ3) is 4.69. The first-order chi connectivity index (χ1) is 17.1. The molecule has 0 atom stereocenters. The molecule has 5 rings (SSSR count). The van der Waals surface area contributed by atoms with Crippen LogP contribution in [0.2, 0.25) is 10.0 Å². The van der Waals surface area contributed by atoms with E-state index < -0.39 is 0 Å². The highest BCUT2D eigenvalue weighted by molar-refractivity contribution is 6.33. The predicted octanol–water partition coefficient (Wildman–Crippen LogP) is 4.47. The lowest BCUT2D eigenvalue weighted by Crippen LogP contribution is -2.49. The van der Waals surface area contributed by atoms with Gasteiger partial charge in [0.25, 0.3) is 0 Å². The second-order valence-electron chi connectivity index (χ2n) is 8.21. The number of aromatic nitrogens is 4. The average molecular weight is 511 g/mol. The fourth-order valence-corrected chi connectivity index (χ4v) is 4.63. The molecular weight excluding hydrogens is 487 g/mol. The highest BCUT2D eigenvalue weighted by Gasteiger charge is 2.26. The van der Waals surface area contributed by atoms with Crippen LogP contribution in [0, 0.1) is 0 Å². The second-order valence-corrected chi connectivity index (χ2v) is 9.05. The maximum atomic E-state index is 12.4. The summed E-state index contributed by atoms with van der Waals surface area (Å²) >= 11 is 12.7. The minimum absolute atomic E-state index is 0.104. The maximum Gasteiger partial charge on any atom is 0.225 e. The normalized spacial score (nSPS) is 14.0. The Morgan fingerprint density at radius 3 is 2.46 bits per heavy atom. The van der Waals surface area contributed by atoms with E-state index in [1.807, 2.05) is 58.0 Å². The van der Waals surface area contributed by atoms with Gasteiger partial charge in [-0.3, -0.25) is 9.36 Å². The molecule has 1 aliphatic heterocycles. The van der Waals surface area contributed by atoms with E-state index in [1.165, 1.54) is 0 Å². The molecule has 0 N–H and O–H groups in total. The van der Waals surface area contributed by atoms with Gasteiger partial charge in [-0.1, -0.05) is 35.3 Å². The third-order valence-corrected chi connectivity index (χ3v) is 6.66. The molecule has 35 heavy (non-hydrogen) atoms. The van der Waals surface area contributed by atoms with E-state index in [0.717, 1.165) is 17.1 Å². The first-order valence-electron chi connectivity index (χ1n) is 11.3. The Hall–Kier alpha value is -3.20. The van der Waals surface area contributed by atoms with Gasteiger partial charge in [0.15, 0.2) is 17.0 Å². The highest BCUT2D eigenvalue weighted by atomic mass is 35.5. The van der Waals surface area contributed by atoms with Crippen LogP contribution in [-0.2, 0) is 9.53 Å². The zero-order valence-corrected chi connectivity index (χ0v) is 20.7. The number of nitrogens with zero attached hydrogens (tertiary/aromatic N) is 6. The number of hydrogen-bond acceptors (Lipinski definition) is 6. The number of amides is 1. The van der Waals surface area contributed by atoms with Crippen LogP contribution in [0.15, 0.2) is 54.9 Å². The Balaban J connectivity index is 1.56. The van der Waals surface area contributed by atoms with Crippen molar-refractivity contribution >= 4 is 46.1 Å². The number of anilines is 1. The van der Waals surface area contributed by atoms with Crippen LogP contribution < -0.4 is 4.90 Å². The molecule has 8 nitrogen and oxygen atoms in total. The van der Waals surface area contributed by atoms with Gasteiger partial charge < -0.3 is 14.5 Å². The van der Waals surface area contributed by atoms with Crippen molar-refractivity contribution < 1.29 is 9.53 Å². The molecule has 0 saturated carbocycles.